The molecule has 6 nitrogen and oxygen atoms in total. The van der Waals surface area contributed by atoms with E-state index < -0.39 is 0 Å². The molecule has 0 unspecified atom stereocenters. The van der Waals surface area contributed by atoms with Gasteiger partial charge >= 0.3 is 0 Å². The van der Waals surface area contributed by atoms with E-state index in [0.29, 0.717) is 24.0 Å². The summed E-state index contributed by atoms with van der Waals surface area (Å²) in [6.07, 6.45) is 3.78. The van der Waals surface area contributed by atoms with Crippen LogP contribution in [0.1, 0.15) is 41.4 Å². The van der Waals surface area contributed by atoms with Gasteiger partial charge in [0.1, 0.15) is 17.3 Å². The molecule has 3 rings (SSSR count). The Hall–Kier alpha value is -3.41. The molecule has 0 saturated carbocycles. The van der Waals surface area contributed by atoms with E-state index in [2.05, 4.69) is 46.6 Å². The van der Waals surface area contributed by atoms with E-state index in [1.54, 1.807) is 13.3 Å². The first-order valence-electron chi connectivity index (χ1n) is 9.65. The highest BCUT2D eigenvalue weighted by molar-refractivity contribution is 5.92. The highest BCUT2D eigenvalue weighted by atomic mass is 16.5. The molecule has 29 heavy (non-hydrogen) atoms. The molecule has 150 valence electrons. The van der Waals surface area contributed by atoms with Crippen molar-refractivity contribution >= 4 is 17.4 Å². The second-order valence-corrected chi connectivity index (χ2v) is 7.04. The highest BCUT2D eigenvalue weighted by Gasteiger charge is 2.08. The zero-order chi connectivity index (χ0) is 20.6. The number of carbonyl (C=O) groups is 1. The smallest absolute Gasteiger partial charge is 0.271 e. The summed E-state index contributed by atoms with van der Waals surface area (Å²) < 4.78 is 5.14. The molecule has 0 atom stereocenters. The van der Waals surface area contributed by atoms with Crippen molar-refractivity contribution in [1.82, 2.24) is 15.3 Å². The fourth-order valence-corrected chi connectivity index (χ4v) is 2.81. The Labute approximate surface area is 171 Å². The van der Waals surface area contributed by atoms with Crippen LogP contribution in [0.3, 0.4) is 0 Å². The van der Waals surface area contributed by atoms with Crippen LogP contribution in [-0.4, -0.2) is 29.5 Å². The van der Waals surface area contributed by atoms with Crippen molar-refractivity contribution in [2.75, 3.05) is 19.0 Å². The van der Waals surface area contributed by atoms with Crippen molar-refractivity contribution in [2.24, 2.45) is 0 Å². The van der Waals surface area contributed by atoms with Crippen molar-refractivity contribution in [3.63, 3.8) is 0 Å². The first-order chi connectivity index (χ1) is 14.0. The maximum Gasteiger partial charge on any atom is 0.271 e. The van der Waals surface area contributed by atoms with Gasteiger partial charge in [-0.15, -0.1) is 0 Å². The Morgan fingerprint density at radius 2 is 1.72 bits per heavy atom. The average molecular weight is 390 g/mol. The lowest BCUT2D eigenvalue weighted by Gasteiger charge is -2.09. The van der Waals surface area contributed by atoms with Crippen LogP contribution in [0.2, 0.25) is 0 Å². The van der Waals surface area contributed by atoms with E-state index in [1.807, 2.05) is 36.4 Å². The van der Waals surface area contributed by atoms with Crippen LogP contribution in [-0.2, 0) is 6.42 Å². The number of ether oxygens (including phenoxy) is 1. The standard InChI is InChI=1S/C23H26N4O2/c1-16(2)18-6-8-19(9-7-18)27-22-15-25-21(14-26-22)23(28)24-13-12-17-4-10-20(29-3)11-5-17/h4-11,14-16H,12-13H2,1-3H3,(H,24,28)(H,26,27). The molecule has 1 aromatic heterocycles. The number of anilines is 2. The Morgan fingerprint density at radius 1 is 1.00 bits per heavy atom. The first kappa shape index (κ1) is 20.3. The van der Waals surface area contributed by atoms with Crippen LogP contribution < -0.4 is 15.4 Å². The zero-order valence-corrected chi connectivity index (χ0v) is 17.0. The van der Waals surface area contributed by atoms with Gasteiger partial charge in [0.2, 0.25) is 0 Å². The number of nitrogens with one attached hydrogen (secondary N) is 2. The zero-order valence-electron chi connectivity index (χ0n) is 17.0. The molecule has 0 fully saturated rings. The van der Waals surface area contributed by atoms with Crippen LogP contribution in [0.15, 0.2) is 60.9 Å². The number of hydrogen-bond donors (Lipinski definition) is 2. The van der Waals surface area contributed by atoms with Gasteiger partial charge in [-0.25, -0.2) is 9.97 Å². The van der Waals surface area contributed by atoms with Crippen LogP contribution in [0.25, 0.3) is 0 Å². The molecule has 2 N–H and O–H groups in total. The Morgan fingerprint density at radius 3 is 2.31 bits per heavy atom. The van der Waals surface area contributed by atoms with Gasteiger partial charge in [-0.3, -0.25) is 4.79 Å². The molecule has 0 saturated heterocycles. The van der Waals surface area contributed by atoms with Crippen molar-refractivity contribution < 1.29 is 9.53 Å². The second-order valence-electron chi connectivity index (χ2n) is 7.04. The molecule has 0 aliphatic rings. The molecule has 0 spiro atoms. The van der Waals surface area contributed by atoms with E-state index in [1.165, 1.54) is 11.8 Å². The van der Waals surface area contributed by atoms with Gasteiger partial charge in [0, 0.05) is 12.2 Å². The maximum absolute atomic E-state index is 12.3. The van der Waals surface area contributed by atoms with E-state index in [0.717, 1.165) is 23.4 Å². The Balaban J connectivity index is 1.50. The topological polar surface area (TPSA) is 76.1 Å². The van der Waals surface area contributed by atoms with Crippen molar-refractivity contribution in [3.8, 4) is 5.75 Å². The summed E-state index contributed by atoms with van der Waals surface area (Å²) in [7, 11) is 1.64. The fourth-order valence-electron chi connectivity index (χ4n) is 2.81. The maximum atomic E-state index is 12.3. The van der Waals surface area contributed by atoms with Crippen LogP contribution in [0.5, 0.6) is 5.75 Å². The average Bonchev–Trinajstić information content (AvgIpc) is 2.75. The Kier molecular flexibility index (Phi) is 6.79. The third kappa shape index (κ3) is 5.78. The predicted octanol–water partition coefficient (Wildman–Crippen LogP) is 4.32. The lowest BCUT2D eigenvalue weighted by molar-refractivity contribution is 0.0949. The number of methoxy groups -OCH3 is 1. The normalized spacial score (nSPS) is 10.6. The third-order valence-corrected chi connectivity index (χ3v) is 4.59. The largest absolute Gasteiger partial charge is 0.497 e. The summed E-state index contributed by atoms with van der Waals surface area (Å²) in [5.74, 6) is 1.67. The SMILES string of the molecule is COc1ccc(CCNC(=O)c2cnc(Nc3ccc(C(C)C)cc3)cn2)cc1. The van der Waals surface area contributed by atoms with Crippen molar-refractivity contribution in [2.45, 2.75) is 26.2 Å². The molecule has 1 heterocycles. The fraction of sp³-hybridized carbons (Fsp3) is 0.261. The summed E-state index contributed by atoms with van der Waals surface area (Å²) in [5.41, 5.74) is 3.63. The molecule has 0 radical (unpaired) electrons. The highest BCUT2D eigenvalue weighted by Crippen LogP contribution is 2.19. The van der Waals surface area contributed by atoms with E-state index >= 15 is 0 Å². The number of benzene rings is 2. The minimum absolute atomic E-state index is 0.237. The molecule has 0 aliphatic heterocycles. The number of rotatable bonds is 8. The number of carbonyl (C=O) groups excluding carboxylic acids is 1. The lowest BCUT2D eigenvalue weighted by Crippen LogP contribution is -2.26. The van der Waals surface area contributed by atoms with Gasteiger partial charge in [0.15, 0.2) is 0 Å². The number of nitrogens with zero attached hydrogens (tertiary/aromatic N) is 2. The van der Waals surface area contributed by atoms with Crippen LogP contribution in [0.4, 0.5) is 11.5 Å². The summed E-state index contributed by atoms with van der Waals surface area (Å²) >= 11 is 0. The van der Waals surface area contributed by atoms with Crippen LogP contribution >= 0.6 is 0 Å². The lowest BCUT2D eigenvalue weighted by atomic mass is 10.0. The van der Waals surface area contributed by atoms with Crippen molar-refractivity contribution in [3.05, 3.63) is 77.7 Å². The monoisotopic (exact) mass is 390 g/mol. The first-order valence-corrected chi connectivity index (χ1v) is 9.65. The van der Waals surface area contributed by atoms with Gasteiger partial charge < -0.3 is 15.4 Å². The van der Waals surface area contributed by atoms with Crippen LogP contribution in [0, 0.1) is 0 Å². The van der Waals surface area contributed by atoms with Gasteiger partial charge in [-0.05, 0) is 47.7 Å². The predicted molar refractivity (Wildman–Crippen MR) is 115 cm³/mol. The van der Waals surface area contributed by atoms with Gasteiger partial charge in [0.05, 0.1) is 19.5 Å². The summed E-state index contributed by atoms with van der Waals surface area (Å²) in [6.45, 7) is 4.85. The van der Waals surface area contributed by atoms with Gasteiger partial charge in [0.25, 0.3) is 5.91 Å². The van der Waals surface area contributed by atoms with Crippen molar-refractivity contribution in [1.29, 1.82) is 0 Å². The molecule has 0 aliphatic carbocycles. The number of aromatic nitrogens is 2. The molecular formula is C23H26N4O2. The van der Waals surface area contributed by atoms with Gasteiger partial charge in [-0.1, -0.05) is 38.1 Å². The Bertz CT molecular complexity index is 921. The quantitative estimate of drug-likeness (QED) is 0.599. The number of amides is 1. The molecule has 2 aromatic carbocycles. The second kappa shape index (κ2) is 9.68. The molecule has 0 bridgehead atoms. The van der Waals surface area contributed by atoms with Gasteiger partial charge in [-0.2, -0.15) is 0 Å². The third-order valence-electron chi connectivity index (χ3n) is 4.59. The minimum atomic E-state index is -0.237. The van der Waals surface area contributed by atoms with E-state index in [4.69, 9.17) is 4.74 Å². The van der Waals surface area contributed by atoms with E-state index in [9.17, 15) is 4.79 Å². The minimum Gasteiger partial charge on any atom is -0.497 e. The molecule has 1 amide bonds. The summed E-state index contributed by atoms with van der Waals surface area (Å²) in [4.78, 5) is 20.8. The molecule has 3 aromatic rings. The number of hydrogen-bond acceptors (Lipinski definition) is 5. The summed E-state index contributed by atoms with van der Waals surface area (Å²) in [5, 5.41) is 6.06. The van der Waals surface area contributed by atoms with E-state index in [-0.39, 0.29) is 5.91 Å². The summed E-state index contributed by atoms with van der Waals surface area (Å²) in [6, 6.07) is 16.0. The molecule has 6 heteroatoms. The molecular weight excluding hydrogens is 364 g/mol.